The molecule has 0 spiro atoms. The maximum atomic E-state index is 14.0. The summed E-state index contributed by atoms with van der Waals surface area (Å²) in [6, 6.07) is 11.8. The van der Waals surface area contributed by atoms with E-state index in [0.717, 1.165) is 36.8 Å². The number of hydrogen-bond acceptors (Lipinski definition) is 9. The van der Waals surface area contributed by atoms with E-state index in [4.69, 9.17) is 14.2 Å². The number of aromatic nitrogens is 1. The molecule has 2 fully saturated rings. The predicted molar refractivity (Wildman–Crippen MR) is 207 cm³/mol. The number of rotatable bonds is 13. The van der Waals surface area contributed by atoms with E-state index in [1.54, 1.807) is 60.6 Å². The molecule has 0 saturated carbocycles. The molecule has 1 aromatic heterocycles. The van der Waals surface area contributed by atoms with Gasteiger partial charge in [-0.25, -0.2) is 14.2 Å². The SMILES string of the molecule is CCCCOC(=O)N1CCN(C(=O)C(CCC(=O)OC(C)(C)C)NC(=O)c2cc(OC(C)C(=O)N3CCCC3c3ccc(F)cc3)c3ccc(C)cc3n2)CC1. The lowest BCUT2D eigenvalue weighted by atomic mass is 10.0. The number of benzene rings is 2. The van der Waals surface area contributed by atoms with Crippen molar-refractivity contribution in [3.05, 3.63) is 71.2 Å². The lowest BCUT2D eigenvalue weighted by molar-refractivity contribution is -0.155. The summed E-state index contributed by atoms with van der Waals surface area (Å²) in [5, 5.41) is 3.40. The number of nitrogens with one attached hydrogen (secondary N) is 1. The minimum absolute atomic E-state index is 0.0363. The van der Waals surface area contributed by atoms with Gasteiger partial charge in [-0.05, 0) is 95.7 Å². The van der Waals surface area contributed by atoms with Crippen molar-refractivity contribution in [3.8, 4) is 5.75 Å². The second-order valence-electron chi connectivity index (χ2n) is 15.5. The maximum Gasteiger partial charge on any atom is 0.409 e. The molecular weight excluding hydrogens is 721 g/mol. The van der Waals surface area contributed by atoms with Crippen LogP contribution >= 0.6 is 0 Å². The fourth-order valence-corrected chi connectivity index (χ4v) is 6.93. The minimum atomic E-state index is -1.11. The zero-order chi connectivity index (χ0) is 40.6. The molecule has 14 heteroatoms. The Bertz CT molecular complexity index is 1890. The first-order valence-corrected chi connectivity index (χ1v) is 19.5. The number of likely N-dealkylation sites (tertiary alicyclic amines) is 1. The van der Waals surface area contributed by atoms with Crippen LogP contribution in [0.5, 0.6) is 5.75 Å². The first kappa shape index (κ1) is 41.9. The van der Waals surface area contributed by atoms with Crippen LogP contribution in [0.25, 0.3) is 10.9 Å². The molecule has 0 radical (unpaired) electrons. The van der Waals surface area contributed by atoms with E-state index in [1.165, 1.54) is 18.2 Å². The number of piperazine rings is 1. The van der Waals surface area contributed by atoms with Crippen LogP contribution in [0.4, 0.5) is 9.18 Å². The number of amides is 4. The van der Waals surface area contributed by atoms with Gasteiger partial charge >= 0.3 is 12.1 Å². The first-order chi connectivity index (χ1) is 26.6. The van der Waals surface area contributed by atoms with Gasteiger partial charge < -0.3 is 34.2 Å². The van der Waals surface area contributed by atoms with Crippen molar-refractivity contribution in [2.24, 2.45) is 0 Å². The van der Waals surface area contributed by atoms with E-state index in [1.807, 2.05) is 26.0 Å². The zero-order valence-electron chi connectivity index (χ0n) is 33.3. The van der Waals surface area contributed by atoms with Gasteiger partial charge in [-0.15, -0.1) is 0 Å². The molecule has 3 heterocycles. The van der Waals surface area contributed by atoms with Gasteiger partial charge in [0.2, 0.25) is 5.91 Å². The number of fused-ring (bicyclic) bond motifs is 1. The zero-order valence-corrected chi connectivity index (χ0v) is 33.3. The summed E-state index contributed by atoms with van der Waals surface area (Å²) < 4.78 is 30.8. The van der Waals surface area contributed by atoms with Crippen LogP contribution in [0, 0.1) is 12.7 Å². The highest BCUT2D eigenvalue weighted by Gasteiger charge is 2.35. The maximum absolute atomic E-state index is 14.0. The summed E-state index contributed by atoms with van der Waals surface area (Å²) in [7, 11) is 0. The van der Waals surface area contributed by atoms with Gasteiger partial charge in [-0.3, -0.25) is 19.2 Å². The third kappa shape index (κ3) is 10.9. The molecule has 2 aliphatic rings. The van der Waals surface area contributed by atoms with E-state index < -0.39 is 41.6 Å². The topological polar surface area (TPSA) is 148 Å². The second-order valence-corrected chi connectivity index (χ2v) is 15.5. The van der Waals surface area contributed by atoms with Crippen molar-refractivity contribution in [2.45, 2.75) is 104 Å². The van der Waals surface area contributed by atoms with Gasteiger partial charge in [0, 0.05) is 50.6 Å². The average molecular weight is 776 g/mol. The van der Waals surface area contributed by atoms with E-state index in [2.05, 4.69) is 10.3 Å². The number of pyridine rings is 1. The summed E-state index contributed by atoms with van der Waals surface area (Å²) in [5.74, 6) is -1.93. The fraction of sp³-hybridized carbons (Fsp3) is 0.524. The molecule has 1 N–H and O–H groups in total. The van der Waals surface area contributed by atoms with Gasteiger partial charge in [0.1, 0.15) is 28.9 Å². The number of unbranched alkanes of at least 4 members (excludes halogenated alkanes) is 1. The highest BCUT2D eigenvalue weighted by Crippen LogP contribution is 2.34. The molecule has 3 atom stereocenters. The Labute approximate surface area is 327 Å². The van der Waals surface area contributed by atoms with Crippen molar-refractivity contribution < 1.29 is 42.6 Å². The molecule has 3 unspecified atom stereocenters. The van der Waals surface area contributed by atoms with Crippen molar-refractivity contribution in [2.75, 3.05) is 39.3 Å². The highest BCUT2D eigenvalue weighted by atomic mass is 19.1. The fourth-order valence-electron chi connectivity index (χ4n) is 6.93. The summed E-state index contributed by atoms with van der Waals surface area (Å²) in [5.41, 5.74) is 1.40. The predicted octanol–water partition coefficient (Wildman–Crippen LogP) is 6.11. The molecule has 2 aromatic carbocycles. The van der Waals surface area contributed by atoms with Gasteiger partial charge in [0.05, 0.1) is 18.2 Å². The van der Waals surface area contributed by atoms with Crippen LogP contribution in [-0.4, -0.2) is 107 Å². The molecule has 302 valence electrons. The third-order valence-corrected chi connectivity index (χ3v) is 9.84. The first-order valence-electron chi connectivity index (χ1n) is 19.5. The number of nitrogens with zero attached hydrogens (tertiary/aromatic N) is 4. The van der Waals surface area contributed by atoms with Crippen LogP contribution < -0.4 is 10.1 Å². The summed E-state index contributed by atoms with van der Waals surface area (Å²) in [6.45, 7) is 12.6. The number of carbonyl (C=O) groups excluding carboxylic acids is 5. The standard InChI is InChI=1S/C42H54FN5O8/c1-7-8-24-54-41(53)47-22-20-46(21-23-47)40(52)32(17-18-37(49)56-42(4,5)6)45-38(50)34-26-36(31-16-11-27(2)25-33(31)44-34)55-28(3)39(51)48-19-9-10-35(48)29-12-14-30(43)15-13-29/h11-16,25-26,28,32,35H,7-10,17-24H2,1-6H3,(H,45,50). The van der Waals surface area contributed by atoms with Crippen molar-refractivity contribution in [1.82, 2.24) is 25.0 Å². The van der Waals surface area contributed by atoms with Crippen molar-refractivity contribution in [3.63, 3.8) is 0 Å². The minimum Gasteiger partial charge on any atom is -0.480 e. The van der Waals surface area contributed by atoms with Crippen LogP contribution in [0.15, 0.2) is 48.5 Å². The van der Waals surface area contributed by atoms with Gasteiger partial charge in [-0.1, -0.05) is 31.5 Å². The van der Waals surface area contributed by atoms with E-state index >= 15 is 0 Å². The van der Waals surface area contributed by atoms with Gasteiger partial charge in [-0.2, -0.15) is 0 Å². The summed E-state index contributed by atoms with van der Waals surface area (Å²) in [6.07, 6.45) is 1.64. The van der Waals surface area contributed by atoms with Crippen LogP contribution in [0.2, 0.25) is 0 Å². The van der Waals surface area contributed by atoms with E-state index in [9.17, 15) is 28.4 Å². The molecule has 2 saturated heterocycles. The number of esters is 1. The van der Waals surface area contributed by atoms with Crippen molar-refractivity contribution in [1.29, 1.82) is 0 Å². The smallest absolute Gasteiger partial charge is 0.409 e. The average Bonchev–Trinajstić information content (AvgIpc) is 3.65. The van der Waals surface area contributed by atoms with Crippen molar-refractivity contribution >= 4 is 40.7 Å². The Kier molecular flexibility index (Phi) is 13.9. The lowest BCUT2D eigenvalue weighted by Gasteiger charge is -2.36. The normalized spacial score (nSPS) is 17.0. The summed E-state index contributed by atoms with van der Waals surface area (Å²) in [4.78, 5) is 76.6. The molecule has 0 bridgehead atoms. The highest BCUT2D eigenvalue weighted by molar-refractivity contribution is 5.99. The Morgan fingerprint density at radius 2 is 1.64 bits per heavy atom. The molecular formula is C42H54FN5O8. The van der Waals surface area contributed by atoms with Gasteiger partial charge in [0.15, 0.2) is 6.10 Å². The number of ether oxygens (including phenoxy) is 3. The Balaban J connectivity index is 1.35. The van der Waals surface area contributed by atoms with E-state index in [-0.39, 0.29) is 68.2 Å². The third-order valence-electron chi connectivity index (χ3n) is 9.84. The second kappa shape index (κ2) is 18.6. The largest absolute Gasteiger partial charge is 0.480 e. The molecule has 4 amide bonds. The molecule has 0 aliphatic carbocycles. The molecule has 3 aromatic rings. The van der Waals surface area contributed by atoms with Gasteiger partial charge in [0.25, 0.3) is 11.8 Å². The number of hydrogen-bond donors (Lipinski definition) is 1. The number of aryl methyl sites for hydroxylation is 1. The monoisotopic (exact) mass is 775 g/mol. The molecule has 13 nitrogen and oxygen atoms in total. The molecule has 5 rings (SSSR count). The summed E-state index contributed by atoms with van der Waals surface area (Å²) >= 11 is 0. The molecule has 2 aliphatic heterocycles. The van der Waals surface area contributed by atoms with E-state index in [0.29, 0.717) is 24.1 Å². The van der Waals surface area contributed by atoms with Crippen LogP contribution in [0.3, 0.4) is 0 Å². The molecule has 56 heavy (non-hydrogen) atoms. The lowest BCUT2D eigenvalue weighted by Crippen LogP contribution is -2.56. The Morgan fingerprint density at radius 1 is 0.946 bits per heavy atom. The number of carbonyl (C=O) groups is 5. The number of halogens is 1. The Hall–Kier alpha value is -5.27. The van der Waals surface area contributed by atoms with Crippen LogP contribution in [-0.2, 0) is 23.9 Å². The van der Waals surface area contributed by atoms with Crippen LogP contribution in [0.1, 0.15) is 101 Å². The quantitative estimate of drug-likeness (QED) is 0.160. The Morgan fingerprint density at radius 3 is 2.32 bits per heavy atom.